The molecule has 0 spiro atoms. The summed E-state index contributed by atoms with van der Waals surface area (Å²) >= 11 is 0. The van der Waals surface area contributed by atoms with Gasteiger partial charge in [-0.05, 0) is 36.6 Å². The number of fused-ring (bicyclic) bond motifs is 3. The molecule has 1 aliphatic rings. The minimum absolute atomic E-state index is 0.0676. The van der Waals surface area contributed by atoms with E-state index in [-0.39, 0.29) is 5.91 Å². The second-order valence-electron chi connectivity index (χ2n) is 5.52. The zero-order valence-corrected chi connectivity index (χ0v) is 11.9. The minimum atomic E-state index is 0.0676. The van der Waals surface area contributed by atoms with Gasteiger partial charge in [-0.25, -0.2) is 0 Å². The number of para-hydroxylation sites is 2. The molecule has 1 N–H and O–H groups in total. The molecule has 0 unspecified atom stereocenters. The summed E-state index contributed by atoms with van der Waals surface area (Å²) in [5, 5.41) is 1.19. The molecule has 2 aromatic carbocycles. The SMILES string of the molecule is Cc1cccc2c3c([nH]c12)C(=O)N(c1ccccc1)CC3. The lowest BCUT2D eigenvalue weighted by Gasteiger charge is -2.26. The number of aryl methyl sites for hydroxylation is 1. The molecule has 1 aliphatic heterocycles. The summed E-state index contributed by atoms with van der Waals surface area (Å²) < 4.78 is 0. The van der Waals surface area contributed by atoms with Gasteiger partial charge >= 0.3 is 0 Å². The maximum atomic E-state index is 12.8. The number of aromatic amines is 1. The third-order valence-electron chi connectivity index (χ3n) is 4.26. The lowest BCUT2D eigenvalue weighted by atomic mass is 10.0. The van der Waals surface area contributed by atoms with Gasteiger partial charge in [-0.2, -0.15) is 0 Å². The fraction of sp³-hybridized carbons (Fsp3) is 0.167. The van der Waals surface area contributed by atoms with Crippen LogP contribution >= 0.6 is 0 Å². The predicted octanol–water partition coefficient (Wildman–Crippen LogP) is 3.68. The average molecular weight is 276 g/mol. The standard InChI is InChI=1S/C18H16N2O/c1-12-6-5-9-14-15-10-11-20(13-7-3-2-4-8-13)18(21)17(15)19-16(12)14/h2-9,19H,10-11H2,1H3. The Balaban J connectivity index is 1.85. The van der Waals surface area contributed by atoms with Crippen LogP contribution in [-0.4, -0.2) is 17.4 Å². The Bertz CT molecular complexity index is 833. The van der Waals surface area contributed by atoms with Crippen LogP contribution in [0.25, 0.3) is 10.9 Å². The van der Waals surface area contributed by atoms with E-state index in [9.17, 15) is 4.79 Å². The molecule has 0 bridgehead atoms. The number of nitrogens with zero attached hydrogens (tertiary/aromatic N) is 1. The van der Waals surface area contributed by atoms with Crippen LogP contribution in [0.5, 0.6) is 0 Å². The quantitative estimate of drug-likeness (QED) is 0.723. The molecule has 4 rings (SSSR count). The summed E-state index contributed by atoms with van der Waals surface area (Å²) in [4.78, 5) is 18.0. The van der Waals surface area contributed by atoms with Crippen molar-refractivity contribution in [1.29, 1.82) is 0 Å². The molecule has 104 valence electrons. The van der Waals surface area contributed by atoms with Gasteiger partial charge in [0.25, 0.3) is 5.91 Å². The Morgan fingerprint density at radius 3 is 2.67 bits per heavy atom. The third kappa shape index (κ3) is 1.77. The highest BCUT2D eigenvalue weighted by Gasteiger charge is 2.28. The summed E-state index contributed by atoms with van der Waals surface area (Å²) in [6, 6.07) is 16.1. The van der Waals surface area contributed by atoms with E-state index in [0.717, 1.165) is 35.4 Å². The number of rotatable bonds is 1. The van der Waals surface area contributed by atoms with Crippen LogP contribution in [0, 0.1) is 6.92 Å². The molecule has 3 aromatic rings. The van der Waals surface area contributed by atoms with Gasteiger partial charge < -0.3 is 9.88 Å². The maximum absolute atomic E-state index is 12.8. The predicted molar refractivity (Wildman–Crippen MR) is 84.9 cm³/mol. The molecule has 0 fully saturated rings. The van der Waals surface area contributed by atoms with Gasteiger partial charge in [0.1, 0.15) is 5.69 Å². The highest BCUT2D eigenvalue weighted by atomic mass is 16.2. The van der Waals surface area contributed by atoms with E-state index in [1.165, 1.54) is 10.9 Å². The number of nitrogens with one attached hydrogen (secondary N) is 1. The second-order valence-corrected chi connectivity index (χ2v) is 5.52. The Labute approximate surface area is 123 Å². The van der Waals surface area contributed by atoms with Gasteiger partial charge in [-0.1, -0.05) is 36.4 Å². The number of carbonyl (C=O) groups excluding carboxylic acids is 1. The summed E-state index contributed by atoms with van der Waals surface area (Å²) in [5.41, 5.74) is 5.13. The van der Waals surface area contributed by atoms with E-state index in [2.05, 4.69) is 30.1 Å². The highest BCUT2D eigenvalue weighted by molar-refractivity contribution is 6.11. The van der Waals surface area contributed by atoms with Crippen LogP contribution in [0.2, 0.25) is 0 Å². The molecule has 1 aromatic heterocycles. The normalized spacial score (nSPS) is 14.5. The van der Waals surface area contributed by atoms with E-state index in [4.69, 9.17) is 0 Å². The van der Waals surface area contributed by atoms with Crippen LogP contribution in [-0.2, 0) is 6.42 Å². The summed E-state index contributed by atoms with van der Waals surface area (Å²) in [6.07, 6.45) is 0.888. The maximum Gasteiger partial charge on any atom is 0.275 e. The molecule has 0 atom stereocenters. The van der Waals surface area contributed by atoms with Crippen molar-refractivity contribution in [2.75, 3.05) is 11.4 Å². The van der Waals surface area contributed by atoms with E-state index in [1.54, 1.807) is 0 Å². The first-order chi connectivity index (χ1) is 10.3. The second kappa shape index (κ2) is 4.48. The van der Waals surface area contributed by atoms with Crippen molar-refractivity contribution in [1.82, 2.24) is 4.98 Å². The minimum Gasteiger partial charge on any atom is -0.350 e. The van der Waals surface area contributed by atoms with Gasteiger partial charge in [0, 0.05) is 23.1 Å². The van der Waals surface area contributed by atoms with Crippen molar-refractivity contribution in [3.8, 4) is 0 Å². The van der Waals surface area contributed by atoms with Crippen molar-refractivity contribution in [3.63, 3.8) is 0 Å². The fourth-order valence-corrected chi connectivity index (χ4v) is 3.18. The Hall–Kier alpha value is -2.55. The van der Waals surface area contributed by atoms with Crippen molar-refractivity contribution >= 4 is 22.5 Å². The number of anilines is 1. The number of carbonyl (C=O) groups is 1. The highest BCUT2D eigenvalue weighted by Crippen LogP contribution is 2.31. The Kier molecular flexibility index (Phi) is 2.61. The molecule has 3 heteroatoms. The molecule has 2 heterocycles. The first kappa shape index (κ1) is 12.2. The van der Waals surface area contributed by atoms with E-state index in [0.29, 0.717) is 0 Å². The average Bonchev–Trinajstić information content (AvgIpc) is 2.90. The molecule has 0 saturated heterocycles. The van der Waals surface area contributed by atoms with E-state index < -0.39 is 0 Å². The van der Waals surface area contributed by atoms with Crippen LogP contribution in [0.4, 0.5) is 5.69 Å². The number of H-pyrrole nitrogens is 1. The summed E-state index contributed by atoms with van der Waals surface area (Å²) in [5.74, 6) is 0.0676. The number of aromatic nitrogens is 1. The molecular weight excluding hydrogens is 260 g/mol. The molecule has 0 radical (unpaired) electrons. The van der Waals surface area contributed by atoms with Crippen molar-refractivity contribution in [2.24, 2.45) is 0 Å². The number of benzene rings is 2. The Morgan fingerprint density at radius 2 is 1.86 bits per heavy atom. The van der Waals surface area contributed by atoms with Crippen molar-refractivity contribution < 1.29 is 4.79 Å². The van der Waals surface area contributed by atoms with Crippen LogP contribution < -0.4 is 4.90 Å². The first-order valence-corrected chi connectivity index (χ1v) is 7.23. The monoisotopic (exact) mass is 276 g/mol. The smallest absolute Gasteiger partial charge is 0.275 e. The molecule has 0 saturated carbocycles. The van der Waals surface area contributed by atoms with Gasteiger partial charge in [-0.15, -0.1) is 0 Å². The number of amides is 1. The topological polar surface area (TPSA) is 36.1 Å². The summed E-state index contributed by atoms with van der Waals surface area (Å²) in [6.45, 7) is 2.81. The molecule has 3 nitrogen and oxygen atoms in total. The molecule has 21 heavy (non-hydrogen) atoms. The molecule has 0 aliphatic carbocycles. The van der Waals surface area contributed by atoms with E-state index >= 15 is 0 Å². The summed E-state index contributed by atoms with van der Waals surface area (Å²) in [7, 11) is 0. The van der Waals surface area contributed by atoms with Gasteiger partial charge in [0.2, 0.25) is 0 Å². The zero-order chi connectivity index (χ0) is 14.4. The Morgan fingerprint density at radius 1 is 1.05 bits per heavy atom. The third-order valence-corrected chi connectivity index (χ3v) is 4.26. The zero-order valence-electron chi connectivity index (χ0n) is 11.9. The van der Waals surface area contributed by atoms with Crippen molar-refractivity contribution in [3.05, 3.63) is 65.4 Å². The number of hydrogen-bond acceptors (Lipinski definition) is 1. The van der Waals surface area contributed by atoms with E-state index in [1.807, 2.05) is 35.2 Å². The van der Waals surface area contributed by atoms with Crippen LogP contribution in [0.1, 0.15) is 21.6 Å². The van der Waals surface area contributed by atoms with Gasteiger partial charge in [0.05, 0.1) is 0 Å². The fourth-order valence-electron chi connectivity index (χ4n) is 3.18. The number of hydrogen-bond donors (Lipinski definition) is 1. The molecule has 1 amide bonds. The lowest BCUT2D eigenvalue weighted by Crippen LogP contribution is -2.37. The first-order valence-electron chi connectivity index (χ1n) is 7.23. The van der Waals surface area contributed by atoms with Gasteiger partial charge in [0.15, 0.2) is 0 Å². The van der Waals surface area contributed by atoms with Crippen LogP contribution in [0.3, 0.4) is 0 Å². The van der Waals surface area contributed by atoms with Gasteiger partial charge in [-0.3, -0.25) is 4.79 Å². The van der Waals surface area contributed by atoms with Crippen LogP contribution in [0.15, 0.2) is 48.5 Å². The largest absolute Gasteiger partial charge is 0.350 e. The van der Waals surface area contributed by atoms with Crippen molar-refractivity contribution in [2.45, 2.75) is 13.3 Å². The molecular formula is C18H16N2O. The lowest BCUT2D eigenvalue weighted by molar-refractivity contribution is 0.0976.